The molecule has 3 atom stereocenters. The maximum Gasteiger partial charge on any atom is 0.168 e. The largest absolute Gasteiger partial charge is 0.494 e. The van der Waals surface area contributed by atoms with Gasteiger partial charge < -0.3 is 14.2 Å². The van der Waals surface area contributed by atoms with Crippen LogP contribution in [0, 0.1) is 17.6 Å². The van der Waals surface area contributed by atoms with Gasteiger partial charge in [-0.25, -0.2) is 13.2 Å². The quantitative estimate of drug-likeness (QED) is 0.397. The van der Waals surface area contributed by atoms with E-state index in [1.165, 1.54) is 24.3 Å². The van der Waals surface area contributed by atoms with Crippen molar-refractivity contribution in [2.45, 2.75) is 58.2 Å². The molecule has 0 bridgehead atoms. The molecule has 31 heavy (non-hydrogen) atoms. The minimum absolute atomic E-state index is 0.0146. The third kappa shape index (κ3) is 6.39. The molecule has 2 aromatic rings. The molecular weight excluding hydrogens is 405 g/mol. The van der Waals surface area contributed by atoms with Crippen molar-refractivity contribution >= 4 is 0 Å². The van der Waals surface area contributed by atoms with Crippen LogP contribution < -0.4 is 9.47 Å². The average Bonchev–Trinajstić information content (AvgIpc) is 2.76. The van der Waals surface area contributed by atoms with E-state index < -0.39 is 17.8 Å². The normalized spacial score (nSPS) is 19.8. The summed E-state index contributed by atoms with van der Waals surface area (Å²) >= 11 is 0. The Morgan fingerprint density at radius 3 is 2.52 bits per heavy atom. The lowest BCUT2D eigenvalue weighted by molar-refractivity contribution is -0.0196. The molecule has 170 valence electrons. The summed E-state index contributed by atoms with van der Waals surface area (Å²) in [4.78, 5) is 0. The molecule has 0 aliphatic carbocycles. The van der Waals surface area contributed by atoms with Crippen molar-refractivity contribution in [3.05, 3.63) is 59.2 Å². The van der Waals surface area contributed by atoms with Crippen molar-refractivity contribution in [1.29, 1.82) is 0 Å². The zero-order valence-electron chi connectivity index (χ0n) is 18.2. The second kappa shape index (κ2) is 11.4. The zero-order chi connectivity index (χ0) is 22.2. The molecule has 1 saturated heterocycles. The first-order valence-electron chi connectivity index (χ1n) is 11.1. The predicted molar refractivity (Wildman–Crippen MR) is 114 cm³/mol. The van der Waals surface area contributed by atoms with Crippen molar-refractivity contribution in [1.82, 2.24) is 0 Å². The van der Waals surface area contributed by atoms with Gasteiger partial charge in [-0.05, 0) is 55.9 Å². The summed E-state index contributed by atoms with van der Waals surface area (Å²) in [5, 5.41) is 0. The van der Waals surface area contributed by atoms with Crippen LogP contribution in [0.3, 0.4) is 0 Å². The number of hydrogen-bond donors (Lipinski definition) is 0. The highest BCUT2D eigenvalue weighted by molar-refractivity contribution is 5.33. The van der Waals surface area contributed by atoms with Crippen molar-refractivity contribution in [2.75, 3.05) is 19.8 Å². The Morgan fingerprint density at radius 1 is 1.03 bits per heavy atom. The minimum Gasteiger partial charge on any atom is -0.494 e. The predicted octanol–water partition coefficient (Wildman–Crippen LogP) is 7.11. The second-order valence-electron chi connectivity index (χ2n) is 7.96. The lowest BCUT2D eigenvalue weighted by Gasteiger charge is -2.29. The Bertz CT molecular complexity index is 835. The zero-order valence-corrected chi connectivity index (χ0v) is 18.2. The van der Waals surface area contributed by atoms with Crippen molar-refractivity contribution in [3.8, 4) is 11.5 Å². The van der Waals surface area contributed by atoms with E-state index in [0.29, 0.717) is 24.9 Å². The van der Waals surface area contributed by atoms with Gasteiger partial charge in [0.2, 0.25) is 0 Å². The highest BCUT2D eigenvalue weighted by atomic mass is 19.1. The Morgan fingerprint density at radius 2 is 1.87 bits per heavy atom. The number of alkyl halides is 1. The van der Waals surface area contributed by atoms with Crippen molar-refractivity contribution in [3.63, 3.8) is 0 Å². The standard InChI is InChI=1S/C25H31F3O3/c1-3-5-17-6-10-24(31-16-17)18-7-9-20(22(27)14-18)21(26)12-13-30-25-11-8-19(29-4-2)15-23(25)28/h7-9,11,14-15,17,21,24H,3-6,10,12-13,16H2,1-2H3. The first kappa shape index (κ1) is 23.5. The summed E-state index contributed by atoms with van der Waals surface area (Å²) in [6.07, 6.45) is 2.43. The molecule has 6 heteroatoms. The van der Waals surface area contributed by atoms with Crippen LogP contribution in [0.25, 0.3) is 0 Å². The summed E-state index contributed by atoms with van der Waals surface area (Å²) in [7, 11) is 0. The van der Waals surface area contributed by atoms with Crippen LogP contribution in [0.15, 0.2) is 36.4 Å². The number of rotatable bonds is 10. The van der Waals surface area contributed by atoms with Gasteiger partial charge in [0.1, 0.15) is 17.7 Å². The van der Waals surface area contributed by atoms with Gasteiger partial charge in [0, 0.05) is 18.1 Å². The first-order valence-corrected chi connectivity index (χ1v) is 11.1. The molecule has 3 nitrogen and oxygen atoms in total. The molecule has 0 spiro atoms. The van der Waals surface area contributed by atoms with Gasteiger partial charge in [-0.2, -0.15) is 0 Å². The molecule has 0 amide bonds. The maximum absolute atomic E-state index is 14.6. The molecule has 0 saturated carbocycles. The highest BCUT2D eigenvalue weighted by Gasteiger charge is 2.24. The fourth-order valence-corrected chi connectivity index (χ4v) is 3.99. The van der Waals surface area contributed by atoms with Gasteiger partial charge in [0.05, 0.1) is 25.9 Å². The molecule has 3 unspecified atom stereocenters. The Hall–Kier alpha value is -2.21. The van der Waals surface area contributed by atoms with Crippen LogP contribution in [0.5, 0.6) is 11.5 Å². The third-order valence-corrected chi connectivity index (χ3v) is 5.64. The van der Waals surface area contributed by atoms with Gasteiger partial charge in [0.15, 0.2) is 11.6 Å². The SMILES string of the molecule is CCCC1CCC(c2ccc(C(F)CCOc3ccc(OCC)cc3F)c(F)c2)OC1. The summed E-state index contributed by atoms with van der Waals surface area (Å²) < 4.78 is 59.7. The van der Waals surface area contributed by atoms with E-state index in [9.17, 15) is 13.2 Å². The van der Waals surface area contributed by atoms with E-state index in [1.807, 2.05) is 0 Å². The molecule has 0 N–H and O–H groups in total. The Balaban J connectivity index is 1.52. The number of hydrogen-bond acceptors (Lipinski definition) is 3. The van der Waals surface area contributed by atoms with Crippen LogP contribution in [0.2, 0.25) is 0 Å². The average molecular weight is 437 g/mol. The van der Waals surface area contributed by atoms with E-state index in [4.69, 9.17) is 14.2 Å². The molecule has 1 fully saturated rings. The van der Waals surface area contributed by atoms with E-state index in [1.54, 1.807) is 19.1 Å². The molecule has 1 heterocycles. The van der Waals surface area contributed by atoms with E-state index in [-0.39, 0.29) is 30.4 Å². The van der Waals surface area contributed by atoms with Gasteiger partial charge >= 0.3 is 0 Å². The topological polar surface area (TPSA) is 27.7 Å². The molecule has 2 aromatic carbocycles. The van der Waals surface area contributed by atoms with E-state index in [2.05, 4.69) is 6.92 Å². The van der Waals surface area contributed by atoms with Gasteiger partial charge in [0.25, 0.3) is 0 Å². The minimum atomic E-state index is -1.54. The van der Waals surface area contributed by atoms with Crippen LogP contribution in [0.1, 0.15) is 69.4 Å². The third-order valence-electron chi connectivity index (χ3n) is 5.64. The fraction of sp³-hybridized carbons (Fsp3) is 0.520. The van der Waals surface area contributed by atoms with Crippen LogP contribution in [-0.2, 0) is 4.74 Å². The van der Waals surface area contributed by atoms with Crippen molar-refractivity contribution in [2.24, 2.45) is 5.92 Å². The summed E-state index contributed by atoms with van der Waals surface area (Å²) in [5.74, 6) is -0.175. The lowest BCUT2D eigenvalue weighted by atomic mass is 9.91. The Kier molecular flexibility index (Phi) is 8.64. The van der Waals surface area contributed by atoms with Crippen LogP contribution in [0.4, 0.5) is 13.2 Å². The molecule has 1 aliphatic heterocycles. The highest BCUT2D eigenvalue weighted by Crippen LogP contribution is 2.34. The van der Waals surface area contributed by atoms with Crippen LogP contribution >= 0.6 is 0 Å². The maximum atomic E-state index is 14.6. The molecule has 0 aromatic heterocycles. The Labute approximate surface area is 182 Å². The van der Waals surface area contributed by atoms with Crippen LogP contribution in [-0.4, -0.2) is 19.8 Å². The summed E-state index contributed by atoms with van der Waals surface area (Å²) in [5.41, 5.74) is 0.732. The number of benzene rings is 2. The molecular formula is C25H31F3O3. The molecule has 1 aliphatic rings. The first-order chi connectivity index (χ1) is 15.0. The van der Waals surface area contributed by atoms with E-state index >= 15 is 0 Å². The van der Waals surface area contributed by atoms with Crippen molar-refractivity contribution < 1.29 is 27.4 Å². The van der Waals surface area contributed by atoms with Gasteiger partial charge in [-0.1, -0.05) is 25.5 Å². The number of ether oxygens (including phenoxy) is 3. The number of halogens is 3. The lowest BCUT2D eigenvalue weighted by Crippen LogP contribution is -2.20. The second-order valence-corrected chi connectivity index (χ2v) is 7.96. The van der Waals surface area contributed by atoms with E-state index in [0.717, 1.165) is 31.2 Å². The summed E-state index contributed by atoms with van der Waals surface area (Å²) in [6, 6.07) is 8.85. The van der Waals surface area contributed by atoms with Gasteiger partial charge in [-0.15, -0.1) is 0 Å². The molecule has 0 radical (unpaired) electrons. The van der Waals surface area contributed by atoms with Gasteiger partial charge in [-0.3, -0.25) is 0 Å². The smallest absolute Gasteiger partial charge is 0.168 e. The molecule has 3 rings (SSSR count). The fourth-order valence-electron chi connectivity index (χ4n) is 3.99. The monoisotopic (exact) mass is 436 g/mol. The summed E-state index contributed by atoms with van der Waals surface area (Å²) in [6.45, 7) is 5.01.